The summed E-state index contributed by atoms with van der Waals surface area (Å²) in [6.45, 7) is 4.72. The Morgan fingerprint density at radius 3 is 2.41 bits per heavy atom. The molecule has 0 unspecified atom stereocenters. The Labute approximate surface area is 308 Å². The molecule has 15 heteroatoms. The number of thiocarbonyl (C=S) groups is 1. The minimum Gasteiger partial charge on any atom is -0.493 e. The van der Waals surface area contributed by atoms with Crippen LogP contribution in [0.25, 0.3) is 17.2 Å². The number of halogens is 4. The molecule has 2 heterocycles. The number of nitrogens with zero attached hydrogens (tertiary/aromatic N) is 2. The molecule has 0 spiro atoms. The van der Waals surface area contributed by atoms with Crippen molar-refractivity contribution in [2.75, 3.05) is 59.7 Å². The Morgan fingerprint density at radius 2 is 1.71 bits per heavy atom. The molecule has 0 atom stereocenters. The molecule has 2 aliphatic rings. The Balaban J connectivity index is 1.31. The van der Waals surface area contributed by atoms with Crippen LogP contribution in [0, 0.1) is 0 Å². The van der Waals surface area contributed by atoms with E-state index in [0.29, 0.717) is 69.4 Å². The van der Waals surface area contributed by atoms with Gasteiger partial charge in [-0.1, -0.05) is 47.7 Å². The lowest BCUT2D eigenvalue weighted by Crippen LogP contribution is -2.37. The van der Waals surface area contributed by atoms with Gasteiger partial charge in [-0.25, -0.2) is 0 Å². The molecular formula is C36H36ClF3N2O7S2. The molecule has 3 aromatic carbocycles. The van der Waals surface area contributed by atoms with Crippen molar-refractivity contribution in [1.82, 2.24) is 9.80 Å². The molecule has 0 bridgehead atoms. The molecule has 1 N–H and O–H groups in total. The number of rotatable bonds is 15. The quantitative estimate of drug-likeness (QED) is 0.0957. The fourth-order valence-electron chi connectivity index (χ4n) is 5.54. The average Bonchev–Trinajstić information content (AvgIpc) is 3.36. The van der Waals surface area contributed by atoms with Crippen LogP contribution in [-0.2, 0) is 26.9 Å². The summed E-state index contributed by atoms with van der Waals surface area (Å²) in [5.74, 6) is 0.000714. The van der Waals surface area contributed by atoms with E-state index in [2.05, 4.69) is 4.90 Å². The van der Waals surface area contributed by atoms with Crippen LogP contribution in [0.1, 0.15) is 29.5 Å². The number of ether oxygens (including phenoxy) is 4. The van der Waals surface area contributed by atoms with E-state index in [1.54, 1.807) is 42.5 Å². The van der Waals surface area contributed by atoms with Gasteiger partial charge >= 0.3 is 12.1 Å². The number of benzene rings is 3. The number of morpholine rings is 1. The van der Waals surface area contributed by atoms with E-state index in [1.807, 2.05) is 0 Å². The summed E-state index contributed by atoms with van der Waals surface area (Å²) < 4.78 is 63.8. The SMILES string of the molecule is COc1ccc(CC(=O)O)cc1OCCCN1C(=O)/C(=C/c2cc(-c3cc(C(F)(F)F)ccc3Cl)ccc2OCCCN2CCOCC2)SC1=S. The summed E-state index contributed by atoms with van der Waals surface area (Å²) in [5.41, 5.74) is 0.832. The normalized spacial score (nSPS) is 16.2. The summed E-state index contributed by atoms with van der Waals surface area (Å²) in [6.07, 6.45) is -1.94. The summed E-state index contributed by atoms with van der Waals surface area (Å²) in [6, 6.07) is 13.0. The molecule has 272 valence electrons. The van der Waals surface area contributed by atoms with Crippen molar-refractivity contribution in [2.24, 2.45) is 0 Å². The van der Waals surface area contributed by atoms with Gasteiger partial charge in [0.1, 0.15) is 10.1 Å². The van der Waals surface area contributed by atoms with E-state index < -0.39 is 17.7 Å². The smallest absolute Gasteiger partial charge is 0.416 e. The number of hydrogen-bond acceptors (Lipinski definition) is 9. The first kappa shape index (κ1) is 38.4. The molecule has 2 saturated heterocycles. The molecule has 2 fully saturated rings. The number of carbonyl (C=O) groups excluding carboxylic acids is 1. The molecule has 2 aliphatic heterocycles. The number of methoxy groups -OCH3 is 1. The lowest BCUT2D eigenvalue weighted by Gasteiger charge is -2.26. The zero-order chi connectivity index (χ0) is 36.5. The minimum absolute atomic E-state index is 0.146. The number of carboxylic acids is 1. The summed E-state index contributed by atoms with van der Waals surface area (Å²) in [4.78, 5) is 28.8. The molecule has 0 radical (unpaired) electrons. The largest absolute Gasteiger partial charge is 0.493 e. The van der Waals surface area contributed by atoms with E-state index in [9.17, 15) is 22.8 Å². The van der Waals surface area contributed by atoms with Crippen molar-refractivity contribution in [3.63, 3.8) is 0 Å². The van der Waals surface area contributed by atoms with Crippen molar-refractivity contribution in [2.45, 2.75) is 25.4 Å². The molecule has 51 heavy (non-hydrogen) atoms. The first-order chi connectivity index (χ1) is 24.4. The summed E-state index contributed by atoms with van der Waals surface area (Å²) in [5, 5.41) is 9.27. The van der Waals surface area contributed by atoms with Gasteiger partial charge in [0.15, 0.2) is 11.5 Å². The Hall–Kier alpha value is -3.82. The standard InChI is InChI=1S/C36H36ClF3N2O7S2/c1-46-30-8-4-23(19-33(43)44)18-31(30)49-15-3-11-42-34(45)32(51-35(42)50)21-25-20-24(27-22-26(36(38,39)40)6-7-28(27)37)5-9-29(25)48-14-2-10-41-12-16-47-17-13-41/h4-9,18,20-22H,2-3,10-17,19H2,1H3,(H,43,44)/b32-21-. The van der Waals surface area contributed by atoms with Gasteiger partial charge in [0.2, 0.25) is 0 Å². The van der Waals surface area contributed by atoms with Gasteiger partial charge in [0, 0.05) is 42.3 Å². The Morgan fingerprint density at radius 1 is 1.00 bits per heavy atom. The first-order valence-electron chi connectivity index (χ1n) is 16.1. The lowest BCUT2D eigenvalue weighted by molar-refractivity contribution is -0.138. The number of amides is 1. The van der Waals surface area contributed by atoms with Crippen LogP contribution in [0.3, 0.4) is 0 Å². The Bertz CT molecular complexity index is 1780. The van der Waals surface area contributed by atoms with E-state index >= 15 is 0 Å². The molecule has 0 aliphatic carbocycles. The third kappa shape index (κ3) is 10.4. The predicted molar refractivity (Wildman–Crippen MR) is 194 cm³/mol. The van der Waals surface area contributed by atoms with Crippen molar-refractivity contribution in [3.05, 3.63) is 81.2 Å². The number of thioether (sulfide) groups is 1. The third-order valence-electron chi connectivity index (χ3n) is 8.12. The van der Waals surface area contributed by atoms with Crippen LogP contribution in [0.5, 0.6) is 17.2 Å². The maximum absolute atomic E-state index is 13.6. The number of aliphatic carboxylic acids is 1. The second kappa shape index (κ2) is 17.6. The highest BCUT2D eigenvalue weighted by atomic mass is 35.5. The minimum atomic E-state index is -4.55. The highest BCUT2D eigenvalue weighted by Gasteiger charge is 2.33. The van der Waals surface area contributed by atoms with Gasteiger partial charge in [0.05, 0.1) is 50.4 Å². The topological polar surface area (TPSA) is 97.8 Å². The second-order valence-electron chi connectivity index (χ2n) is 11.7. The zero-order valence-electron chi connectivity index (χ0n) is 27.7. The van der Waals surface area contributed by atoms with Gasteiger partial charge in [-0.2, -0.15) is 13.2 Å². The number of carbonyl (C=O) groups is 2. The summed E-state index contributed by atoms with van der Waals surface area (Å²) >= 11 is 13.0. The van der Waals surface area contributed by atoms with E-state index in [-0.39, 0.29) is 36.1 Å². The van der Waals surface area contributed by atoms with E-state index in [0.717, 1.165) is 49.9 Å². The fourth-order valence-corrected chi connectivity index (χ4v) is 7.06. The van der Waals surface area contributed by atoms with Crippen LogP contribution in [0.2, 0.25) is 5.02 Å². The van der Waals surface area contributed by atoms with Crippen molar-refractivity contribution < 1.29 is 46.8 Å². The van der Waals surface area contributed by atoms with Gasteiger partial charge in [-0.3, -0.25) is 19.4 Å². The molecular weight excluding hydrogens is 729 g/mol. The van der Waals surface area contributed by atoms with E-state index in [4.69, 9.17) is 47.9 Å². The number of hydrogen-bond donors (Lipinski definition) is 1. The monoisotopic (exact) mass is 764 g/mol. The molecule has 1 amide bonds. The number of alkyl halides is 3. The predicted octanol–water partition coefficient (Wildman–Crippen LogP) is 7.43. The molecule has 9 nitrogen and oxygen atoms in total. The van der Waals surface area contributed by atoms with Gasteiger partial charge in [-0.15, -0.1) is 0 Å². The van der Waals surface area contributed by atoms with Gasteiger partial charge in [-0.05, 0) is 72.5 Å². The highest BCUT2D eigenvalue weighted by Crippen LogP contribution is 2.39. The van der Waals surface area contributed by atoms with Crippen molar-refractivity contribution >= 4 is 57.9 Å². The van der Waals surface area contributed by atoms with Crippen molar-refractivity contribution in [1.29, 1.82) is 0 Å². The maximum Gasteiger partial charge on any atom is 0.416 e. The second-order valence-corrected chi connectivity index (χ2v) is 13.8. The molecule has 5 rings (SSSR count). The van der Waals surface area contributed by atoms with Crippen LogP contribution < -0.4 is 14.2 Å². The van der Waals surface area contributed by atoms with Crippen LogP contribution in [0.15, 0.2) is 59.5 Å². The zero-order valence-corrected chi connectivity index (χ0v) is 30.1. The van der Waals surface area contributed by atoms with Crippen LogP contribution >= 0.6 is 35.6 Å². The third-order valence-corrected chi connectivity index (χ3v) is 9.83. The fraction of sp³-hybridized carbons (Fsp3) is 0.361. The van der Waals surface area contributed by atoms with E-state index in [1.165, 1.54) is 18.1 Å². The highest BCUT2D eigenvalue weighted by molar-refractivity contribution is 8.26. The average molecular weight is 765 g/mol. The molecule has 3 aromatic rings. The van der Waals surface area contributed by atoms with Crippen LogP contribution in [0.4, 0.5) is 13.2 Å². The summed E-state index contributed by atoms with van der Waals surface area (Å²) in [7, 11) is 1.48. The van der Waals surface area contributed by atoms with Crippen LogP contribution in [-0.4, -0.2) is 90.8 Å². The first-order valence-corrected chi connectivity index (χ1v) is 17.7. The molecule has 0 aromatic heterocycles. The Kier molecular flexibility index (Phi) is 13.3. The number of carboxylic acid groups (broad SMARTS) is 1. The lowest BCUT2D eigenvalue weighted by atomic mass is 9.99. The van der Waals surface area contributed by atoms with Crippen molar-refractivity contribution in [3.8, 4) is 28.4 Å². The maximum atomic E-state index is 13.6. The van der Waals surface area contributed by atoms with Gasteiger partial charge in [0.25, 0.3) is 5.91 Å². The van der Waals surface area contributed by atoms with Gasteiger partial charge < -0.3 is 24.1 Å². The molecule has 0 saturated carbocycles.